The van der Waals surface area contributed by atoms with Crippen LogP contribution in [0.4, 0.5) is 24.7 Å². The van der Waals surface area contributed by atoms with Crippen LogP contribution < -0.4 is 10.0 Å². The summed E-state index contributed by atoms with van der Waals surface area (Å²) >= 11 is 0. The fourth-order valence-electron chi connectivity index (χ4n) is 2.57. The zero-order chi connectivity index (χ0) is 18.8. The lowest BCUT2D eigenvalue weighted by Crippen LogP contribution is -2.27. The molecule has 1 aromatic rings. The van der Waals surface area contributed by atoms with E-state index in [1.54, 1.807) is 0 Å². The zero-order valence-corrected chi connectivity index (χ0v) is 14.7. The topological polar surface area (TPSA) is 88.2 Å². The third-order valence-electron chi connectivity index (χ3n) is 4.09. The van der Waals surface area contributed by atoms with Crippen molar-refractivity contribution in [3.63, 3.8) is 0 Å². The Morgan fingerprint density at radius 3 is 2.40 bits per heavy atom. The van der Waals surface area contributed by atoms with Gasteiger partial charge in [-0.2, -0.15) is 13.2 Å². The SMILES string of the molecule is CC(C)S(=O)(=O)Nc1nccc(C(F)(F)F)c1NC(=O)C1CCCC1. The average molecular weight is 379 g/mol. The van der Waals surface area contributed by atoms with Crippen LogP contribution >= 0.6 is 0 Å². The maximum Gasteiger partial charge on any atom is 0.418 e. The maximum absolute atomic E-state index is 13.3. The molecule has 0 atom stereocenters. The molecule has 0 saturated heterocycles. The number of sulfonamides is 1. The van der Waals surface area contributed by atoms with E-state index in [4.69, 9.17) is 0 Å². The zero-order valence-electron chi connectivity index (χ0n) is 13.9. The van der Waals surface area contributed by atoms with E-state index < -0.39 is 44.4 Å². The van der Waals surface area contributed by atoms with Gasteiger partial charge < -0.3 is 5.32 Å². The number of aromatic nitrogens is 1. The van der Waals surface area contributed by atoms with Gasteiger partial charge in [-0.3, -0.25) is 9.52 Å². The molecule has 2 rings (SSSR count). The summed E-state index contributed by atoms with van der Waals surface area (Å²) in [5.74, 6) is -1.47. The van der Waals surface area contributed by atoms with Crippen LogP contribution in [0.3, 0.4) is 0 Å². The molecule has 0 bridgehead atoms. The third kappa shape index (κ3) is 4.62. The molecule has 0 unspecified atom stereocenters. The van der Waals surface area contributed by atoms with E-state index in [-0.39, 0.29) is 5.92 Å². The number of alkyl halides is 3. The predicted molar refractivity (Wildman–Crippen MR) is 87.5 cm³/mol. The number of nitrogens with one attached hydrogen (secondary N) is 2. The van der Waals surface area contributed by atoms with Crippen molar-refractivity contribution in [2.24, 2.45) is 5.92 Å². The van der Waals surface area contributed by atoms with Crippen LogP contribution in [0.5, 0.6) is 0 Å². The number of halogens is 3. The second-order valence-corrected chi connectivity index (χ2v) is 8.48. The molecule has 1 fully saturated rings. The van der Waals surface area contributed by atoms with Gasteiger partial charge in [0.05, 0.1) is 16.5 Å². The predicted octanol–water partition coefficient (Wildman–Crippen LogP) is 3.38. The van der Waals surface area contributed by atoms with Crippen LogP contribution in [0, 0.1) is 5.92 Å². The largest absolute Gasteiger partial charge is 0.418 e. The summed E-state index contributed by atoms with van der Waals surface area (Å²) in [7, 11) is -3.92. The van der Waals surface area contributed by atoms with Gasteiger partial charge in [-0.05, 0) is 32.8 Å². The van der Waals surface area contributed by atoms with Gasteiger partial charge in [-0.25, -0.2) is 13.4 Å². The first-order valence-corrected chi connectivity index (χ1v) is 9.45. The molecule has 0 radical (unpaired) electrons. The smallest absolute Gasteiger partial charge is 0.322 e. The molecule has 6 nitrogen and oxygen atoms in total. The van der Waals surface area contributed by atoms with Gasteiger partial charge in [-0.1, -0.05) is 12.8 Å². The number of pyridine rings is 1. The first kappa shape index (κ1) is 19.5. The van der Waals surface area contributed by atoms with Crippen molar-refractivity contribution in [1.82, 2.24) is 4.98 Å². The van der Waals surface area contributed by atoms with Crippen LogP contribution in [0.2, 0.25) is 0 Å². The van der Waals surface area contributed by atoms with Crippen LogP contribution in [0.25, 0.3) is 0 Å². The molecule has 1 aromatic heterocycles. The first-order chi connectivity index (χ1) is 11.5. The summed E-state index contributed by atoms with van der Waals surface area (Å²) in [6.45, 7) is 2.76. The standard InChI is InChI=1S/C15H20F3N3O3S/c1-9(2)25(23,24)21-13-12(11(7-8-19-13)15(16,17)18)20-14(22)10-5-3-4-6-10/h7-10H,3-6H2,1-2H3,(H,19,21)(H,20,22). The average Bonchev–Trinajstić information content (AvgIpc) is 3.01. The number of hydrogen-bond acceptors (Lipinski definition) is 4. The van der Waals surface area contributed by atoms with Crippen LogP contribution in [0.15, 0.2) is 12.3 Å². The minimum Gasteiger partial charge on any atom is -0.322 e. The first-order valence-electron chi connectivity index (χ1n) is 7.91. The number of nitrogens with zero attached hydrogens (tertiary/aromatic N) is 1. The lowest BCUT2D eigenvalue weighted by molar-refractivity contribution is -0.137. The van der Waals surface area contributed by atoms with Gasteiger partial charge in [0, 0.05) is 12.1 Å². The summed E-state index contributed by atoms with van der Waals surface area (Å²) in [4.78, 5) is 16.0. The van der Waals surface area contributed by atoms with Gasteiger partial charge >= 0.3 is 6.18 Å². The van der Waals surface area contributed by atoms with Crippen molar-refractivity contribution < 1.29 is 26.4 Å². The summed E-state index contributed by atoms with van der Waals surface area (Å²) < 4.78 is 65.9. The van der Waals surface area contributed by atoms with Crippen LogP contribution in [-0.4, -0.2) is 24.6 Å². The minimum absolute atomic E-state index is 0.379. The van der Waals surface area contributed by atoms with Crippen molar-refractivity contribution >= 4 is 27.4 Å². The van der Waals surface area contributed by atoms with Crippen molar-refractivity contribution in [3.05, 3.63) is 17.8 Å². The van der Waals surface area contributed by atoms with Crippen molar-refractivity contribution in [2.75, 3.05) is 10.0 Å². The monoisotopic (exact) mass is 379 g/mol. The van der Waals surface area contributed by atoms with Crippen molar-refractivity contribution in [3.8, 4) is 0 Å². The van der Waals surface area contributed by atoms with E-state index in [1.165, 1.54) is 13.8 Å². The lowest BCUT2D eigenvalue weighted by atomic mass is 10.1. The normalized spacial score (nSPS) is 16.2. The summed E-state index contributed by atoms with van der Waals surface area (Å²) in [5, 5.41) is 1.37. The molecule has 10 heteroatoms. The molecule has 25 heavy (non-hydrogen) atoms. The number of amides is 1. The summed E-state index contributed by atoms with van der Waals surface area (Å²) in [5.41, 5.74) is -1.80. The lowest BCUT2D eigenvalue weighted by Gasteiger charge is -2.19. The van der Waals surface area contributed by atoms with E-state index in [0.717, 1.165) is 19.0 Å². The Bertz CT molecular complexity index is 742. The highest BCUT2D eigenvalue weighted by Crippen LogP contribution is 2.39. The second kappa shape index (κ2) is 7.19. The van der Waals surface area contributed by atoms with Gasteiger partial charge in [-0.15, -0.1) is 0 Å². The van der Waals surface area contributed by atoms with E-state index in [2.05, 4.69) is 10.3 Å². The molecule has 1 saturated carbocycles. The maximum atomic E-state index is 13.3. The minimum atomic E-state index is -4.76. The highest BCUT2D eigenvalue weighted by molar-refractivity contribution is 7.93. The van der Waals surface area contributed by atoms with Crippen molar-refractivity contribution in [1.29, 1.82) is 0 Å². The van der Waals surface area contributed by atoms with E-state index >= 15 is 0 Å². The number of carbonyl (C=O) groups excluding carboxylic acids is 1. The highest BCUT2D eigenvalue weighted by atomic mass is 32.2. The molecule has 0 aromatic carbocycles. The van der Waals surface area contributed by atoms with Gasteiger partial charge in [0.15, 0.2) is 5.82 Å². The molecular formula is C15H20F3N3O3S. The molecule has 1 amide bonds. The van der Waals surface area contributed by atoms with E-state index in [0.29, 0.717) is 18.9 Å². The fraction of sp³-hybridized carbons (Fsp3) is 0.600. The van der Waals surface area contributed by atoms with Crippen LogP contribution in [-0.2, 0) is 21.0 Å². The second-order valence-electron chi connectivity index (χ2n) is 6.25. The molecule has 140 valence electrons. The van der Waals surface area contributed by atoms with E-state index in [9.17, 15) is 26.4 Å². The van der Waals surface area contributed by atoms with Crippen LogP contribution in [0.1, 0.15) is 45.1 Å². The number of hydrogen-bond donors (Lipinski definition) is 2. The molecule has 0 spiro atoms. The van der Waals surface area contributed by atoms with E-state index in [1.807, 2.05) is 4.72 Å². The Hall–Kier alpha value is -1.84. The fourth-order valence-corrected chi connectivity index (χ4v) is 3.23. The Morgan fingerprint density at radius 2 is 1.88 bits per heavy atom. The summed E-state index contributed by atoms with van der Waals surface area (Å²) in [6.07, 6.45) is -1.04. The summed E-state index contributed by atoms with van der Waals surface area (Å²) in [6, 6.07) is 0.706. The quantitative estimate of drug-likeness (QED) is 0.821. The Labute approximate surface area is 144 Å². The van der Waals surface area contributed by atoms with Gasteiger partial charge in [0.2, 0.25) is 15.9 Å². The number of carbonyl (C=O) groups is 1. The molecule has 1 aliphatic rings. The van der Waals surface area contributed by atoms with Gasteiger partial charge in [0.25, 0.3) is 0 Å². The van der Waals surface area contributed by atoms with Crippen molar-refractivity contribution in [2.45, 2.75) is 51.0 Å². The van der Waals surface area contributed by atoms with Gasteiger partial charge in [0.1, 0.15) is 0 Å². The molecular weight excluding hydrogens is 359 g/mol. The number of rotatable bonds is 5. The molecule has 1 aliphatic carbocycles. The molecule has 0 aliphatic heterocycles. The molecule has 2 N–H and O–H groups in total. The Kier molecular flexibility index (Phi) is 5.60. The Balaban J connectivity index is 2.43. The molecule has 1 heterocycles. The number of anilines is 2. The highest BCUT2D eigenvalue weighted by Gasteiger charge is 2.37. The Morgan fingerprint density at radius 1 is 1.28 bits per heavy atom. The third-order valence-corrected chi connectivity index (χ3v) is 5.81.